The summed E-state index contributed by atoms with van der Waals surface area (Å²) in [5.74, 6) is 0. The van der Waals surface area contributed by atoms with Gasteiger partial charge in [0.2, 0.25) is 0 Å². The first kappa shape index (κ1) is 13.0. The second kappa shape index (κ2) is 5.46. The van der Waals surface area contributed by atoms with Crippen molar-refractivity contribution in [1.29, 1.82) is 0 Å². The molecule has 0 amide bonds. The fourth-order valence-corrected chi connectivity index (χ4v) is 2.28. The highest BCUT2D eigenvalue weighted by Gasteiger charge is 2.07. The number of hydrogen-bond donors (Lipinski definition) is 2. The predicted molar refractivity (Wildman–Crippen MR) is 77.2 cm³/mol. The molecule has 18 heavy (non-hydrogen) atoms. The topological polar surface area (TPSA) is 50.9 Å². The SMILES string of the molecule is Cc1cnccc1CNc1c(Cl)cc(N)cc1Cl. The molecule has 2 rings (SSSR count). The highest BCUT2D eigenvalue weighted by atomic mass is 35.5. The number of nitrogens with one attached hydrogen (secondary N) is 1. The third-order valence-electron chi connectivity index (χ3n) is 2.66. The summed E-state index contributed by atoms with van der Waals surface area (Å²) in [7, 11) is 0. The van der Waals surface area contributed by atoms with Crippen LogP contribution in [0, 0.1) is 6.92 Å². The summed E-state index contributed by atoms with van der Waals surface area (Å²) < 4.78 is 0. The van der Waals surface area contributed by atoms with E-state index in [1.165, 1.54) is 0 Å². The van der Waals surface area contributed by atoms with Gasteiger partial charge in [0.25, 0.3) is 0 Å². The van der Waals surface area contributed by atoms with Gasteiger partial charge in [0, 0.05) is 24.6 Å². The number of nitrogens with zero attached hydrogens (tertiary/aromatic N) is 1. The molecule has 3 nitrogen and oxygen atoms in total. The molecule has 0 aliphatic heterocycles. The van der Waals surface area contributed by atoms with Crippen LogP contribution in [0.25, 0.3) is 0 Å². The number of pyridine rings is 1. The van der Waals surface area contributed by atoms with E-state index in [1.807, 2.05) is 19.2 Å². The summed E-state index contributed by atoms with van der Waals surface area (Å²) in [5.41, 5.74) is 9.17. The first-order valence-corrected chi connectivity index (χ1v) is 6.21. The van der Waals surface area contributed by atoms with Gasteiger partial charge in [0.05, 0.1) is 15.7 Å². The number of halogens is 2. The highest BCUT2D eigenvalue weighted by molar-refractivity contribution is 6.39. The van der Waals surface area contributed by atoms with Gasteiger partial charge in [-0.25, -0.2) is 0 Å². The average molecular weight is 282 g/mol. The number of benzene rings is 1. The van der Waals surface area contributed by atoms with Crippen molar-refractivity contribution in [2.75, 3.05) is 11.1 Å². The third-order valence-corrected chi connectivity index (χ3v) is 3.25. The molecule has 0 spiro atoms. The molecule has 0 saturated carbocycles. The Labute approximate surface area is 116 Å². The first-order chi connectivity index (χ1) is 8.58. The van der Waals surface area contributed by atoms with Crippen LogP contribution < -0.4 is 11.1 Å². The average Bonchev–Trinajstić information content (AvgIpc) is 2.30. The van der Waals surface area contributed by atoms with Crippen molar-refractivity contribution in [3.63, 3.8) is 0 Å². The smallest absolute Gasteiger partial charge is 0.0723 e. The predicted octanol–water partition coefficient (Wildman–Crippen LogP) is 3.89. The Morgan fingerprint density at radius 2 is 1.94 bits per heavy atom. The summed E-state index contributed by atoms with van der Waals surface area (Å²) in [6.45, 7) is 2.65. The van der Waals surface area contributed by atoms with Crippen molar-refractivity contribution in [3.8, 4) is 0 Å². The Morgan fingerprint density at radius 1 is 1.28 bits per heavy atom. The summed E-state index contributed by atoms with van der Waals surface area (Å²) in [6.07, 6.45) is 3.58. The molecule has 0 unspecified atom stereocenters. The van der Waals surface area contributed by atoms with E-state index < -0.39 is 0 Å². The zero-order chi connectivity index (χ0) is 13.1. The molecule has 0 bridgehead atoms. The molecule has 1 aromatic heterocycles. The van der Waals surface area contributed by atoms with Crippen molar-refractivity contribution < 1.29 is 0 Å². The first-order valence-electron chi connectivity index (χ1n) is 5.46. The van der Waals surface area contributed by atoms with Crippen LogP contribution in [0.3, 0.4) is 0 Å². The van der Waals surface area contributed by atoms with Crippen molar-refractivity contribution >= 4 is 34.6 Å². The Bertz CT molecular complexity index is 547. The molecule has 0 fully saturated rings. The molecular formula is C13H13Cl2N3. The monoisotopic (exact) mass is 281 g/mol. The van der Waals surface area contributed by atoms with E-state index in [2.05, 4.69) is 10.3 Å². The van der Waals surface area contributed by atoms with Gasteiger partial charge in [0.1, 0.15) is 0 Å². The Hall–Kier alpha value is -1.45. The van der Waals surface area contributed by atoms with Crippen molar-refractivity contribution in [2.24, 2.45) is 0 Å². The quantitative estimate of drug-likeness (QED) is 0.840. The summed E-state index contributed by atoms with van der Waals surface area (Å²) in [6, 6.07) is 5.31. The standard InChI is InChI=1S/C13H13Cl2N3/c1-8-6-17-3-2-9(8)7-18-13-11(14)4-10(16)5-12(13)15/h2-6,18H,7,16H2,1H3. The molecule has 1 aromatic carbocycles. The van der Waals surface area contributed by atoms with Gasteiger partial charge < -0.3 is 11.1 Å². The van der Waals surface area contributed by atoms with Crippen LogP contribution in [-0.4, -0.2) is 4.98 Å². The van der Waals surface area contributed by atoms with E-state index in [9.17, 15) is 0 Å². The minimum atomic E-state index is 0.520. The van der Waals surface area contributed by atoms with Gasteiger partial charge in [-0.15, -0.1) is 0 Å². The lowest BCUT2D eigenvalue weighted by Crippen LogP contribution is -2.03. The van der Waals surface area contributed by atoms with Crippen LogP contribution in [-0.2, 0) is 6.54 Å². The Balaban J connectivity index is 2.19. The van der Waals surface area contributed by atoms with E-state index in [1.54, 1.807) is 18.3 Å². The number of aromatic nitrogens is 1. The maximum atomic E-state index is 6.10. The molecule has 3 N–H and O–H groups in total. The number of hydrogen-bond acceptors (Lipinski definition) is 3. The number of anilines is 2. The van der Waals surface area contributed by atoms with E-state index in [4.69, 9.17) is 28.9 Å². The van der Waals surface area contributed by atoms with E-state index in [0.717, 1.165) is 11.1 Å². The molecule has 0 aliphatic rings. The van der Waals surface area contributed by atoms with Crippen LogP contribution >= 0.6 is 23.2 Å². The largest absolute Gasteiger partial charge is 0.399 e. The molecule has 94 valence electrons. The van der Waals surface area contributed by atoms with Crippen LogP contribution in [0.15, 0.2) is 30.6 Å². The van der Waals surface area contributed by atoms with Gasteiger partial charge in [-0.1, -0.05) is 23.2 Å². The van der Waals surface area contributed by atoms with E-state index in [0.29, 0.717) is 28.0 Å². The zero-order valence-corrected chi connectivity index (χ0v) is 11.4. The van der Waals surface area contributed by atoms with Gasteiger partial charge in [-0.05, 0) is 36.2 Å². The number of aryl methyl sites for hydroxylation is 1. The molecule has 0 aliphatic carbocycles. The normalized spacial score (nSPS) is 10.4. The van der Waals surface area contributed by atoms with Crippen molar-refractivity contribution in [3.05, 3.63) is 51.8 Å². The Kier molecular flexibility index (Phi) is 3.94. The number of nitrogen functional groups attached to an aromatic ring is 1. The van der Waals surface area contributed by atoms with Crippen LogP contribution in [0.1, 0.15) is 11.1 Å². The summed E-state index contributed by atoms with van der Waals surface area (Å²) >= 11 is 12.2. The van der Waals surface area contributed by atoms with Crippen LogP contribution in [0.4, 0.5) is 11.4 Å². The lowest BCUT2D eigenvalue weighted by atomic mass is 10.1. The molecule has 2 aromatic rings. The second-order valence-electron chi connectivity index (χ2n) is 4.02. The zero-order valence-electron chi connectivity index (χ0n) is 9.87. The molecular weight excluding hydrogens is 269 g/mol. The molecule has 5 heteroatoms. The Morgan fingerprint density at radius 3 is 2.56 bits per heavy atom. The van der Waals surface area contributed by atoms with Crippen molar-refractivity contribution in [2.45, 2.75) is 13.5 Å². The molecule has 0 atom stereocenters. The highest BCUT2D eigenvalue weighted by Crippen LogP contribution is 2.33. The van der Waals surface area contributed by atoms with Gasteiger partial charge in [-0.3, -0.25) is 4.98 Å². The molecule has 1 heterocycles. The van der Waals surface area contributed by atoms with E-state index >= 15 is 0 Å². The van der Waals surface area contributed by atoms with E-state index in [-0.39, 0.29) is 0 Å². The van der Waals surface area contributed by atoms with Crippen molar-refractivity contribution in [1.82, 2.24) is 4.98 Å². The van der Waals surface area contributed by atoms with Crippen LogP contribution in [0.2, 0.25) is 10.0 Å². The lowest BCUT2D eigenvalue weighted by Gasteiger charge is -2.12. The third kappa shape index (κ3) is 2.86. The summed E-state index contributed by atoms with van der Waals surface area (Å²) in [4.78, 5) is 4.05. The lowest BCUT2D eigenvalue weighted by molar-refractivity contribution is 1.09. The van der Waals surface area contributed by atoms with Crippen LogP contribution in [0.5, 0.6) is 0 Å². The number of rotatable bonds is 3. The summed E-state index contributed by atoms with van der Waals surface area (Å²) in [5, 5.41) is 4.26. The van der Waals surface area contributed by atoms with Gasteiger partial charge in [0.15, 0.2) is 0 Å². The fourth-order valence-electron chi connectivity index (χ4n) is 1.65. The van der Waals surface area contributed by atoms with Gasteiger partial charge >= 0.3 is 0 Å². The minimum absolute atomic E-state index is 0.520. The fraction of sp³-hybridized carbons (Fsp3) is 0.154. The maximum absolute atomic E-state index is 6.10. The maximum Gasteiger partial charge on any atom is 0.0723 e. The number of nitrogens with two attached hydrogens (primary N) is 1. The molecule has 0 saturated heterocycles. The molecule has 0 radical (unpaired) electrons. The van der Waals surface area contributed by atoms with Gasteiger partial charge in [-0.2, -0.15) is 0 Å². The second-order valence-corrected chi connectivity index (χ2v) is 4.83. The minimum Gasteiger partial charge on any atom is -0.399 e.